The maximum absolute atomic E-state index is 5.91. The first-order valence-corrected chi connectivity index (χ1v) is 5.24. The first-order chi connectivity index (χ1) is 7.68. The van der Waals surface area contributed by atoms with Gasteiger partial charge in [-0.1, -0.05) is 12.1 Å². The van der Waals surface area contributed by atoms with Crippen LogP contribution in [0.15, 0.2) is 30.5 Å². The van der Waals surface area contributed by atoms with Crippen LogP contribution in [-0.4, -0.2) is 9.78 Å². The average molecular weight is 216 g/mol. The van der Waals surface area contributed by atoms with E-state index in [4.69, 9.17) is 5.73 Å². The summed E-state index contributed by atoms with van der Waals surface area (Å²) in [5, 5.41) is 7.46. The maximum Gasteiger partial charge on any atom is 0.0606 e. The number of aryl methyl sites for hydroxylation is 2. The van der Waals surface area contributed by atoms with Crippen molar-refractivity contribution < 1.29 is 0 Å². The molecule has 0 aliphatic heterocycles. The number of aromatic nitrogens is 2. The van der Waals surface area contributed by atoms with Crippen molar-refractivity contribution in [3.8, 4) is 0 Å². The van der Waals surface area contributed by atoms with Gasteiger partial charge in [0.25, 0.3) is 0 Å². The highest BCUT2D eigenvalue weighted by molar-refractivity contribution is 5.69. The maximum atomic E-state index is 5.91. The largest absolute Gasteiger partial charge is 0.397 e. The zero-order valence-electron chi connectivity index (χ0n) is 9.57. The Morgan fingerprint density at radius 2 is 2.19 bits per heavy atom. The molecular formula is C12H16N4. The van der Waals surface area contributed by atoms with Crippen LogP contribution in [0.4, 0.5) is 11.4 Å². The van der Waals surface area contributed by atoms with E-state index in [1.807, 2.05) is 42.9 Å². The van der Waals surface area contributed by atoms with Gasteiger partial charge < -0.3 is 11.1 Å². The Bertz CT molecular complexity index is 467. The minimum atomic E-state index is 0.728. The number of hydrogen-bond acceptors (Lipinski definition) is 3. The van der Waals surface area contributed by atoms with Crippen LogP contribution in [0.3, 0.4) is 0 Å². The molecule has 0 aliphatic rings. The molecule has 1 aromatic heterocycles. The Hall–Kier alpha value is -1.97. The molecule has 3 N–H and O–H groups in total. The standard InChI is InChI=1S/C12H16N4/c1-9-4-3-5-11(13)12(9)14-8-10-6-7-15-16(10)2/h3-7,14H,8,13H2,1-2H3. The molecule has 4 nitrogen and oxygen atoms in total. The number of benzene rings is 1. The third kappa shape index (κ3) is 2.00. The van der Waals surface area contributed by atoms with E-state index in [-0.39, 0.29) is 0 Å². The summed E-state index contributed by atoms with van der Waals surface area (Å²) in [6, 6.07) is 7.89. The topological polar surface area (TPSA) is 55.9 Å². The molecule has 0 saturated carbocycles. The lowest BCUT2D eigenvalue weighted by Crippen LogP contribution is -2.07. The molecule has 1 aromatic carbocycles. The van der Waals surface area contributed by atoms with Gasteiger partial charge in [-0.05, 0) is 24.6 Å². The minimum absolute atomic E-state index is 0.728. The first kappa shape index (κ1) is 10.5. The molecule has 0 atom stereocenters. The molecule has 0 aliphatic carbocycles. The lowest BCUT2D eigenvalue weighted by atomic mass is 10.1. The summed E-state index contributed by atoms with van der Waals surface area (Å²) in [5.74, 6) is 0. The van der Waals surface area contributed by atoms with Crippen LogP contribution in [0.25, 0.3) is 0 Å². The first-order valence-electron chi connectivity index (χ1n) is 5.24. The monoisotopic (exact) mass is 216 g/mol. The molecule has 16 heavy (non-hydrogen) atoms. The Morgan fingerprint density at radius 1 is 1.38 bits per heavy atom. The fraction of sp³-hybridized carbons (Fsp3) is 0.250. The molecule has 0 spiro atoms. The van der Waals surface area contributed by atoms with Crippen molar-refractivity contribution in [1.29, 1.82) is 0 Å². The fourth-order valence-electron chi connectivity index (χ4n) is 1.69. The van der Waals surface area contributed by atoms with Crippen molar-refractivity contribution in [2.45, 2.75) is 13.5 Å². The predicted octanol–water partition coefficient (Wildman–Crippen LogP) is 1.92. The average Bonchev–Trinajstić information content (AvgIpc) is 2.64. The van der Waals surface area contributed by atoms with Crippen molar-refractivity contribution in [3.63, 3.8) is 0 Å². The van der Waals surface area contributed by atoms with Gasteiger partial charge in [-0.25, -0.2) is 0 Å². The van der Waals surface area contributed by atoms with Crippen LogP contribution >= 0.6 is 0 Å². The van der Waals surface area contributed by atoms with E-state index in [0.29, 0.717) is 0 Å². The van der Waals surface area contributed by atoms with E-state index >= 15 is 0 Å². The SMILES string of the molecule is Cc1cccc(N)c1NCc1ccnn1C. The Labute approximate surface area is 95.1 Å². The summed E-state index contributed by atoms with van der Waals surface area (Å²) in [7, 11) is 1.93. The molecule has 0 radical (unpaired) electrons. The summed E-state index contributed by atoms with van der Waals surface area (Å²) < 4.78 is 1.85. The summed E-state index contributed by atoms with van der Waals surface area (Å²) in [6.45, 7) is 2.77. The van der Waals surface area contributed by atoms with Crippen LogP contribution in [0.5, 0.6) is 0 Å². The minimum Gasteiger partial charge on any atom is -0.397 e. The van der Waals surface area contributed by atoms with Gasteiger partial charge in [0.1, 0.15) is 0 Å². The number of nitrogen functional groups attached to an aromatic ring is 1. The number of nitrogens with one attached hydrogen (secondary N) is 1. The number of anilines is 2. The lowest BCUT2D eigenvalue weighted by molar-refractivity contribution is 0.720. The highest BCUT2D eigenvalue weighted by Crippen LogP contribution is 2.22. The number of rotatable bonds is 3. The van der Waals surface area contributed by atoms with E-state index in [1.165, 1.54) is 0 Å². The van der Waals surface area contributed by atoms with Crippen molar-refractivity contribution in [3.05, 3.63) is 41.7 Å². The fourth-order valence-corrected chi connectivity index (χ4v) is 1.69. The van der Waals surface area contributed by atoms with Crippen molar-refractivity contribution in [1.82, 2.24) is 9.78 Å². The second kappa shape index (κ2) is 4.26. The summed E-state index contributed by atoms with van der Waals surface area (Å²) >= 11 is 0. The van der Waals surface area contributed by atoms with Gasteiger partial charge in [-0.3, -0.25) is 4.68 Å². The zero-order chi connectivity index (χ0) is 11.5. The van der Waals surface area contributed by atoms with E-state index < -0.39 is 0 Å². The summed E-state index contributed by atoms with van der Waals surface area (Å²) in [4.78, 5) is 0. The number of para-hydroxylation sites is 1. The lowest BCUT2D eigenvalue weighted by Gasteiger charge is -2.12. The van der Waals surface area contributed by atoms with E-state index in [1.54, 1.807) is 6.20 Å². The third-order valence-electron chi connectivity index (χ3n) is 2.67. The molecule has 0 bridgehead atoms. The summed E-state index contributed by atoms with van der Waals surface area (Å²) in [5.41, 5.74) is 9.98. The van der Waals surface area contributed by atoms with Gasteiger partial charge in [0, 0.05) is 13.2 Å². The van der Waals surface area contributed by atoms with Crippen molar-refractivity contribution >= 4 is 11.4 Å². The van der Waals surface area contributed by atoms with Crippen molar-refractivity contribution in [2.75, 3.05) is 11.1 Å². The smallest absolute Gasteiger partial charge is 0.0606 e. The molecular weight excluding hydrogens is 200 g/mol. The molecule has 0 saturated heterocycles. The van der Waals surface area contributed by atoms with Gasteiger partial charge in [-0.15, -0.1) is 0 Å². The van der Waals surface area contributed by atoms with Crippen molar-refractivity contribution in [2.24, 2.45) is 7.05 Å². The molecule has 84 valence electrons. The number of nitrogens with two attached hydrogens (primary N) is 1. The van der Waals surface area contributed by atoms with Crippen LogP contribution in [-0.2, 0) is 13.6 Å². The highest BCUT2D eigenvalue weighted by atomic mass is 15.3. The van der Waals surface area contributed by atoms with Crippen LogP contribution < -0.4 is 11.1 Å². The van der Waals surface area contributed by atoms with Gasteiger partial charge in [0.15, 0.2) is 0 Å². The predicted molar refractivity (Wildman–Crippen MR) is 66.1 cm³/mol. The number of nitrogens with zero attached hydrogens (tertiary/aromatic N) is 2. The van der Waals surface area contributed by atoms with Gasteiger partial charge in [-0.2, -0.15) is 5.10 Å². The quantitative estimate of drug-likeness (QED) is 0.771. The zero-order valence-corrected chi connectivity index (χ0v) is 9.57. The molecule has 0 amide bonds. The normalized spacial score (nSPS) is 10.4. The molecule has 2 rings (SSSR count). The summed E-state index contributed by atoms with van der Waals surface area (Å²) in [6.07, 6.45) is 1.79. The Kier molecular flexibility index (Phi) is 2.81. The number of hydrogen-bond donors (Lipinski definition) is 2. The highest BCUT2D eigenvalue weighted by Gasteiger charge is 2.03. The Balaban J connectivity index is 2.14. The van der Waals surface area contributed by atoms with Gasteiger partial charge >= 0.3 is 0 Å². The molecule has 1 heterocycles. The van der Waals surface area contributed by atoms with E-state index in [9.17, 15) is 0 Å². The van der Waals surface area contributed by atoms with Gasteiger partial charge in [0.05, 0.1) is 23.6 Å². The van der Waals surface area contributed by atoms with Crippen LogP contribution in [0.1, 0.15) is 11.3 Å². The second-order valence-corrected chi connectivity index (χ2v) is 3.84. The van der Waals surface area contributed by atoms with E-state index in [2.05, 4.69) is 10.4 Å². The Morgan fingerprint density at radius 3 is 2.81 bits per heavy atom. The van der Waals surface area contributed by atoms with Crippen LogP contribution in [0, 0.1) is 6.92 Å². The second-order valence-electron chi connectivity index (χ2n) is 3.84. The van der Waals surface area contributed by atoms with Crippen LogP contribution in [0.2, 0.25) is 0 Å². The molecule has 0 fully saturated rings. The van der Waals surface area contributed by atoms with Gasteiger partial charge in [0.2, 0.25) is 0 Å². The molecule has 2 aromatic rings. The third-order valence-corrected chi connectivity index (χ3v) is 2.67. The molecule has 0 unspecified atom stereocenters. The van der Waals surface area contributed by atoms with E-state index in [0.717, 1.165) is 29.2 Å². The molecule has 4 heteroatoms.